The molecule has 1 aromatic carbocycles. The van der Waals surface area contributed by atoms with E-state index in [1.165, 1.54) is 0 Å². The van der Waals surface area contributed by atoms with Crippen molar-refractivity contribution in [3.63, 3.8) is 0 Å². The van der Waals surface area contributed by atoms with Crippen LogP contribution >= 0.6 is 11.3 Å². The molecule has 0 spiro atoms. The van der Waals surface area contributed by atoms with Crippen LogP contribution in [0.25, 0.3) is 10.1 Å². The zero-order chi connectivity index (χ0) is 23.0. The van der Waals surface area contributed by atoms with Gasteiger partial charge >= 0.3 is 12.2 Å². The Morgan fingerprint density at radius 2 is 1.97 bits per heavy atom. The zero-order valence-corrected chi connectivity index (χ0v) is 17.4. The number of non-ortho nitro benzene ring substituents is 1. The molecule has 32 heavy (non-hydrogen) atoms. The summed E-state index contributed by atoms with van der Waals surface area (Å²) in [6.45, 7) is 2.71. The van der Waals surface area contributed by atoms with E-state index >= 15 is 0 Å². The summed E-state index contributed by atoms with van der Waals surface area (Å²) in [4.78, 5) is 36.9. The van der Waals surface area contributed by atoms with Crippen LogP contribution in [0.5, 0.6) is 6.01 Å². The van der Waals surface area contributed by atoms with E-state index in [1.54, 1.807) is 17.2 Å². The van der Waals surface area contributed by atoms with Gasteiger partial charge in [-0.2, -0.15) is 18.2 Å². The number of aromatic nitrogens is 3. The number of rotatable bonds is 4. The highest BCUT2D eigenvalue weighted by Crippen LogP contribution is 2.38. The van der Waals surface area contributed by atoms with Crippen molar-refractivity contribution < 1.29 is 22.8 Å². The molecular weight excluding hydrogens is 451 g/mol. The summed E-state index contributed by atoms with van der Waals surface area (Å²) in [6.07, 6.45) is -2.26. The molecule has 0 saturated carbocycles. The predicted octanol–water partition coefficient (Wildman–Crippen LogP) is 3.73. The van der Waals surface area contributed by atoms with Crippen LogP contribution in [0.4, 0.5) is 24.0 Å². The van der Waals surface area contributed by atoms with Crippen LogP contribution in [0.15, 0.2) is 29.2 Å². The first-order valence-electron chi connectivity index (χ1n) is 9.53. The molecule has 0 unspecified atom stereocenters. The Bertz CT molecular complexity index is 1240. The van der Waals surface area contributed by atoms with Gasteiger partial charge in [0.2, 0.25) is 0 Å². The summed E-state index contributed by atoms with van der Waals surface area (Å²) in [5, 5.41) is 11.2. The molecule has 1 saturated heterocycles. The minimum absolute atomic E-state index is 0.135. The molecule has 2 aromatic heterocycles. The Kier molecular flexibility index (Phi) is 5.67. The van der Waals surface area contributed by atoms with E-state index in [4.69, 9.17) is 4.74 Å². The SMILES string of the molecule is Cc1ccnc(OC2CCN(c3nc(=O)c4cc(C(F)(F)F)cc([N+](=O)[O-])c4s3)CC2)n1. The lowest BCUT2D eigenvalue weighted by molar-refractivity contribution is -0.383. The number of piperidine rings is 1. The largest absolute Gasteiger partial charge is 0.460 e. The van der Waals surface area contributed by atoms with E-state index in [0.717, 1.165) is 17.0 Å². The molecule has 168 valence electrons. The summed E-state index contributed by atoms with van der Waals surface area (Å²) < 4.78 is 45.0. The van der Waals surface area contributed by atoms with Gasteiger partial charge in [0.15, 0.2) is 5.13 Å². The zero-order valence-electron chi connectivity index (χ0n) is 16.6. The second kappa shape index (κ2) is 8.30. The second-order valence-corrected chi connectivity index (χ2v) is 8.19. The Morgan fingerprint density at radius 1 is 1.25 bits per heavy atom. The van der Waals surface area contributed by atoms with E-state index in [0.29, 0.717) is 38.1 Å². The molecule has 1 aliphatic heterocycles. The Labute approximate surface area is 182 Å². The number of hydrogen-bond acceptors (Lipinski definition) is 9. The van der Waals surface area contributed by atoms with E-state index in [-0.39, 0.29) is 21.9 Å². The molecule has 13 heteroatoms. The summed E-state index contributed by atoms with van der Waals surface area (Å²) in [6, 6.07) is 3.08. The van der Waals surface area contributed by atoms with Crippen LogP contribution in [-0.2, 0) is 6.18 Å². The second-order valence-electron chi connectivity index (χ2n) is 7.21. The molecule has 0 amide bonds. The maximum atomic E-state index is 13.1. The minimum atomic E-state index is -4.82. The van der Waals surface area contributed by atoms with E-state index in [1.807, 2.05) is 6.92 Å². The number of benzene rings is 1. The van der Waals surface area contributed by atoms with Gasteiger partial charge in [0.1, 0.15) is 10.8 Å². The van der Waals surface area contributed by atoms with Gasteiger partial charge in [0.25, 0.3) is 11.2 Å². The van der Waals surface area contributed by atoms with Gasteiger partial charge in [0, 0.05) is 43.9 Å². The normalized spacial score (nSPS) is 15.2. The van der Waals surface area contributed by atoms with Crippen molar-refractivity contribution >= 4 is 32.2 Å². The highest BCUT2D eigenvalue weighted by Gasteiger charge is 2.34. The lowest BCUT2D eigenvalue weighted by atomic mass is 10.1. The molecule has 0 N–H and O–H groups in total. The third kappa shape index (κ3) is 4.47. The van der Waals surface area contributed by atoms with E-state index in [9.17, 15) is 28.1 Å². The number of ether oxygens (including phenoxy) is 1. The first-order chi connectivity index (χ1) is 15.1. The molecule has 1 fully saturated rings. The number of alkyl halides is 3. The lowest BCUT2D eigenvalue weighted by Gasteiger charge is -2.31. The number of nitro groups is 1. The van der Waals surface area contributed by atoms with Crippen molar-refractivity contribution in [1.29, 1.82) is 0 Å². The third-order valence-corrected chi connectivity index (χ3v) is 6.14. The van der Waals surface area contributed by atoms with Gasteiger partial charge in [0.05, 0.1) is 15.9 Å². The first kappa shape index (κ1) is 21.9. The van der Waals surface area contributed by atoms with Crippen molar-refractivity contribution in [1.82, 2.24) is 15.0 Å². The van der Waals surface area contributed by atoms with Crippen LogP contribution in [0.3, 0.4) is 0 Å². The van der Waals surface area contributed by atoms with Gasteiger partial charge < -0.3 is 9.64 Å². The van der Waals surface area contributed by atoms with E-state index < -0.39 is 33.3 Å². The summed E-state index contributed by atoms with van der Waals surface area (Å²) in [7, 11) is 0. The van der Waals surface area contributed by atoms with Crippen molar-refractivity contribution in [3.8, 4) is 6.01 Å². The fraction of sp³-hybridized carbons (Fsp3) is 0.368. The van der Waals surface area contributed by atoms with Gasteiger partial charge in [-0.3, -0.25) is 14.9 Å². The first-order valence-corrected chi connectivity index (χ1v) is 10.3. The predicted molar refractivity (Wildman–Crippen MR) is 110 cm³/mol. The molecule has 4 rings (SSSR count). The molecule has 0 bridgehead atoms. The Balaban J connectivity index is 1.60. The van der Waals surface area contributed by atoms with Gasteiger partial charge in [-0.05, 0) is 19.1 Å². The number of nitrogens with zero attached hydrogens (tertiary/aromatic N) is 5. The fourth-order valence-electron chi connectivity index (χ4n) is 3.37. The van der Waals surface area contributed by atoms with Crippen LogP contribution < -0.4 is 15.2 Å². The molecule has 3 aromatic rings. The number of anilines is 1. The summed E-state index contributed by atoms with van der Waals surface area (Å²) in [5.74, 6) is 0. The topological polar surface area (TPSA) is 111 Å². The quantitative estimate of drug-likeness (QED) is 0.422. The van der Waals surface area contributed by atoms with Crippen molar-refractivity contribution in [2.75, 3.05) is 18.0 Å². The van der Waals surface area contributed by atoms with Crippen LogP contribution in [-0.4, -0.2) is 39.1 Å². The standard InChI is InChI=1S/C19H16F3N5O4S/c1-10-2-5-23-17(24-10)31-12-3-6-26(7-4-12)18-25-16(28)13-8-11(19(20,21)22)9-14(27(29)30)15(13)32-18/h2,5,8-9,12H,3-4,6-7H2,1H3. The summed E-state index contributed by atoms with van der Waals surface area (Å²) >= 11 is 0.829. The Hall–Kier alpha value is -3.35. The van der Waals surface area contributed by atoms with Gasteiger partial charge in [-0.25, -0.2) is 9.97 Å². The number of halogens is 3. The van der Waals surface area contributed by atoms with Gasteiger partial charge in [-0.15, -0.1) is 0 Å². The smallest absolute Gasteiger partial charge is 0.416 e. The average Bonchev–Trinajstić information content (AvgIpc) is 2.73. The molecule has 0 aliphatic carbocycles. The minimum Gasteiger partial charge on any atom is -0.460 e. The molecule has 0 radical (unpaired) electrons. The molecule has 1 aliphatic rings. The van der Waals surface area contributed by atoms with Crippen LogP contribution in [0.1, 0.15) is 24.1 Å². The summed E-state index contributed by atoms with van der Waals surface area (Å²) in [5.41, 5.74) is -2.19. The van der Waals surface area contributed by atoms with Crippen LogP contribution in [0, 0.1) is 17.0 Å². The van der Waals surface area contributed by atoms with Crippen molar-refractivity contribution in [2.24, 2.45) is 0 Å². The average molecular weight is 467 g/mol. The maximum Gasteiger partial charge on any atom is 0.416 e. The highest BCUT2D eigenvalue weighted by molar-refractivity contribution is 7.22. The number of aryl methyl sites for hydroxylation is 1. The number of hydrogen-bond donors (Lipinski definition) is 0. The molecule has 0 atom stereocenters. The highest BCUT2D eigenvalue weighted by atomic mass is 32.1. The monoisotopic (exact) mass is 467 g/mol. The molecular formula is C19H16F3N5O4S. The van der Waals surface area contributed by atoms with Crippen LogP contribution in [0.2, 0.25) is 0 Å². The number of nitro benzene ring substituents is 1. The van der Waals surface area contributed by atoms with Gasteiger partial charge in [-0.1, -0.05) is 11.3 Å². The third-order valence-electron chi connectivity index (χ3n) is 4.97. The molecule has 3 heterocycles. The maximum absolute atomic E-state index is 13.1. The van der Waals surface area contributed by atoms with E-state index in [2.05, 4.69) is 15.0 Å². The lowest BCUT2D eigenvalue weighted by Crippen LogP contribution is -2.39. The van der Waals surface area contributed by atoms with Crippen molar-refractivity contribution in [3.05, 3.63) is 56.1 Å². The Morgan fingerprint density at radius 3 is 2.59 bits per heavy atom. The number of fused-ring (bicyclic) bond motifs is 1. The molecule has 9 nitrogen and oxygen atoms in total. The van der Waals surface area contributed by atoms with Crippen molar-refractivity contribution in [2.45, 2.75) is 32.0 Å². The fourth-order valence-corrected chi connectivity index (χ4v) is 4.49.